The Kier molecular flexibility index (Phi) is 5.29. The average molecular weight is 334 g/mol. The second-order valence-electron chi connectivity index (χ2n) is 4.77. The van der Waals surface area contributed by atoms with E-state index in [2.05, 4.69) is 4.98 Å². The van der Waals surface area contributed by atoms with Gasteiger partial charge in [-0.05, 0) is 12.1 Å². The van der Waals surface area contributed by atoms with Crippen LogP contribution >= 0.6 is 23.2 Å². The first-order valence-corrected chi connectivity index (χ1v) is 7.09. The van der Waals surface area contributed by atoms with E-state index >= 15 is 0 Å². The summed E-state index contributed by atoms with van der Waals surface area (Å²) in [4.78, 5) is 6.32. The van der Waals surface area contributed by atoms with E-state index in [9.17, 15) is 0 Å². The van der Waals surface area contributed by atoms with Crippen LogP contribution in [0.15, 0.2) is 12.1 Å². The molecule has 2 N–H and O–H groups in total. The van der Waals surface area contributed by atoms with Crippen LogP contribution in [0.25, 0.3) is 11.0 Å². The Hall–Kier alpha value is -1.05. The van der Waals surface area contributed by atoms with Crippen LogP contribution in [0.5, 0.6) is 0 Å². The zero-order valence-corrected chi connectivity index (χ0v) is 13.3. The second kappa shape index (κ2) is 6.81. The number of halogens is 2. The molecule has 0 radical (unpaired) electrons. The zero-order chi connectivity index (χ0) is 15.6. The van der Waals surface area contributed by atoms with Crippen LogP contribution in [-0.4, -0.2) is 53.2 Å². The number of hydrogen-bond acceptors (Lipinski definition) is 5. The van der Waals surface area contributed by atoms with Crippen molar-refractivity contribution in [3.8, 4) is 0 Å². The van der Waals surface area contributed by atoms with Gasteiger partial charge in [0.25, 0.3) is 0 Å². The first-order chi connectivity index (χ1) is 9.97. The van der Waals surface area contributed by atoms with Gasteiger partial charge < -0.3 is 19.8 Å². The Labute approximate surface area is 132 Å². The number of aliphatic hydroxyl groups is 2. The van der Waals surface area contributed by atoms with Crippen molar-refractivity contribution in [1.82, 2.24) is 9.55 Å². The van der Waals surface area contributed by atoms with E-state index in [1.54, 1.807) is 16.7 Å². The van der Waals surface area contributed by atoms with Gasteiger partial charge in [-0.3, -0.25) is 4.57 Å². The standard InChI is InChI=1S/C13H17Cl2N3O3/c1-17(2)13-16-11-3-9(14)10(15)4-12(11)18(13)7-21-8(5-19)6-20/h3-4,8,19-20H,5-7H2,1-2H3. The number of benzene rings is 1. The smallest absolute Gasteiger partial charge is 0.207 e. The van der Waals surface area contributed by atoms with Crippen molar-refractivity contribution in [1.29, 1.82) is 0 Å². The highest BCUT2D eigenvalue weighted by atomic mass is 35.5. The predicted molar refractivity (Wildman–Crippen MR) is 83.1 cm³/mol. The van der Waals surface area contributed by atoms with Crippen LogP contribution in [-0.2, 0) is 11.5 Å². The fourth-order valence-electron chi connectivity index (χ4n) is 1.92. The molecule has 0 amide bonds. The number of rotatable bonds is 6. The molecule has 2 rings (SSSR count). The van der Waals surface area contributed by atoms with Crippen LogP contribution in [0.2, 0.25) is 10.0 Å². The average Bonchev–Trinajstić information content (AvgIpc) is 2.79. The topological polar surface area (TPSA) is 70.8 Å². The third kappa shape index (κ3) is 3.41. The third-order valence-electron chi connectivity index (χ3n) is 3.02. The Morgan fingerprint density at radius 2 is 1.86 bits per heavy atom. The fourth-order valence-corrected chi connectivity index (χ4v) is 2.24. The normalized spacial score (nSPS) is 11.6. The van der Waals surface area contributed by atoms with E-state index in [0.717, 1.165) is 5.52 Å². The van der Waals surface area contributed by atoms with Crippen molar-refractivity contribution in [3.63, 3.8) is 0 Å². The van der Waals surface area contributed by atoms with Gasteiger partial charge in [-0.25, -0.2) is 4.98 Å². The summed E-state index contributed by atoms with van der Waals surface area (Å²) in [6, 6.07) is 3.41. The summed E-state index contributed by atoms with van der Waals surface area (Å²) in [5.74, 6) is 0.665. The predicted octanol–water partition coefficient (Wildman–Crippen LogP) is 1.74. The quantitative estimate of drug-likeness (QED) is 0.842. The molecule has 8 heteroatoms. The van der Waals surface area contributed by atoms with Gasteiger partial charge in [0.2, 0.25) is 5.95 Å². The molecule has 1 heterocycles. The SMILES string of the molecule is CN(C)c1nc2cc(Cl)c(Cl)cc2n1COC(CO)CO. The molecule has 21 heavy (non-hydrogen) atoms. The van der Waals surface area contributed by atoms with Crippen molar-refractivity contribution < 1.29 is 14.9 Å². The molecule has 0 saturated carbocycles. The minimum atomic E-state index is -0.639. The van der Waals surface area contributed by atoms with Gasteiger partial charge in [0.1, 0.15) is 12.8 Å². The molecule has 0 aliphatic rings. The highest BCUT2D eigenvalue weighted by Crippen LogP contribution is 2.30. The first-order valence-electron chi connectivity index (χ1n) is 6.33. The van der Waals surface area contributed by atoms with Crippen molar-refractivity contribution in [2.75, 3.05) is 32.2 Å². The van der Waals surface area contributed by atoms with Gasteiger partial charge in [0, 0.05) is 14.1 Å². The van der Waals surface area contributed by atoms with Crippen LogP contribution in [0.4, 0.5) is 5.95 Å². The van der Waals surface area contributed by atoms with Crippen LogP contribution in [0, 0.1) is 0 Å². The number of hydrogen-bond donors (Lipinski definition) is 2. The highest BCUT2D eigenvalue weighted by Gasteiger charge is 2.16. The molecule has 0 saturated heterocycles. The Bertz CT molecular complexity index is 627. The lowest BCUT2D eigenvalue weighted by atomic mass is 10.3. The van der Waals surface area contributed by atoms with Crippen molar-refractivity contribution in [3.05, 3.63) is 22.2 Å². The molecule has 116 valence electrons. The van der Waals surface area contributed by atoms with E-state index in [1.165, 1.54) is 0 Å². The molecule has 0 aliphatic heterocycles. The summed E-state index contributed by atoms with van der Waals surface area (Å²) in [6.45, 7) is -0.381. The summed E-state index contributed by atoms with van der Waals surface area (Å²) in [6.07, 6.45) is -0.639. The molecule has 0 unspecified atom stereocenters. The third-order valence-corrected chi connectivity index (χ3v) is 3.74. The first kappa shape index (κ1) is 16.3. The van der Waals surface area contributed by atoms with Crippen LogP contribution in [0.3, 0.4) is 0 Å². The van der Waals surface area contributed by atoms with E-state index in [-0.39, 0.29) is 19.9 Å². The maximum Gasteiger partial charge on any atom is 0.207 e. The summed E-state index contributed by atoms with van der Waals surface area (Å²) >= 11 is 12.1. The van der Waals surface area contributed by atoms with Gasteiger partial charge in [0.05, 0.1) is 34.3 Å². The lowest BCUT2D eigenvalue weighted by Crippen LogP contribution is -2.24. The van der Waals surface area contributed by atoms with E-state index < -0.39 is 6.10 Å². The maximum atomic E-state index is 9.07. The fraction of sp³-hybridized carbons (Fsp3) is 0.462. The van der Waals surface area contributed by atoms with E-state index in [1.807, 2.05) is 19.0 Å². The summed E-state index contributed by atoms with van der Waals surface area (Å²) < 4.78 is 7.28. The number of anilines is 1. The number of ether oxygens (including phenoxy) is 1. The Balaban J connectivity index is 2.43. The monoisotopic (exact) mass is 333 g/mol. The molecular weight excluding hydrogens is 317 g/mol. The second-order valence-corrected chi connectivity index (χ2v) is 5.59. The van der Waals surface area contributed by atoms with Crippen LogP contribution in [0.1, 0.15) is 0 Å². The number of imidazole rings is 1. The summed E-state index contributed by atoms with van der Waals surface area (Å²) in [5.41, 5.74) is 1.46. The van der Waals surface area contributed by atoms with Crippen LogP contribution < -0.4 is 4.90 Å². The molecule has 0 spiro atoms. The van der Waals surface area contributed by atoms with Gasteiger partial charge >= 0.3 is 0 Å². The molecule has 0 bridgehead atoms. The minimum absolute atomic E-state index is 0.133. The lowest BCUT2D eigenvalue weighted by molar-refractivity contribution is -0.0482. The molecule has 0 fully saturated rings. The van der Waals surface area contributed by atoms with Gasteiger partial charge in [-0.2, -0.15) is 0 Å². The van der Waals surface area contributed by atoms with Crippen molar-refractivity contribution in [2.24, 2.45) is 0 Å². The molecule has 1 aromatic heterocycles. The summed E-state index contributed by atoms with van der Waals surface area (Å²) in [7, 11) is 3.72. The van der Waals surface area contributed by atoms with Crippen molar-refractivity contribution in [2.45, 2.75) is 12.8 Å². The number of nitrogens with zero attached hydrogens (tertiary/aromatic N) is 3. The lowest BCUT2D eigenvalue weighted by Gasteiger charge is -2.18. The van der Waals surface area contributed by atoms with Crippen molar-refractivity contribution >= 4 is 40.2 Å². The number of aliphatic hydroxyl groups excluding tert-OH is 2. The van der Waals surface area contributed by atoms with E-state index in [4.69, 9.17) is 38.2 Å². The molecule has 1 aromatic carbocycles. The number of fused-ring (bicyclic) bond motifs is 1. The molecule has 6 nitrogen and oxygen atoms in total. The highest BCUT2D eigenvalue weighted by molar-refractivity contribution is 6.42. The summed E-state index contributed by atoms with van der Waals surface area (Å²) in [5, 5.41) is 19.0. The Morgan fingerprint density at radius 3 is 2.43 bits per heavy atom. The molecular formula is C13H17Cl2N3O3. The molecule has 2 aromatic rings. The van der Waals surface area contributed by atoms with Gasteiger partial charge in [-0.15, -0.1) is 0 Å². The Morgan fingerprint density at radius 1 is 1.24 bits per heavy atom. The van der Waals surface area contributed by atoms with Gasteiger partial charge in [0.15, 0.2) is 0 Å². The number of aromatic nitrogens is 2. The zero-order valence-electron chi connectivity index (χ0n) is 11.8. The van der Waals surface area contributed by atoms with Gasteiger partial charge in [-0.1, -0.05) is 23.2 Å². The largest absolute Gasteiger partial charge is 0.394 e. The maximum absolute atomic E-state index is 9.07. The minimum Gasteiger partial charge on any atom is -0.394 e. The molecule has 0 aliphatic carbocycles. The molecule has 0 atom stereocenters. The van der Waals surface area contributed by atoms with E-state index in [0.29, 0.717) is 21.5 Å².